The van der Waals surface area contributed by atoms with Crippen molar-refractivity contribution in [1.82, 2.24) is 0 Å². The molecule has 7 rings (SSSR count). The van der Waals surface area contributed by atoms with Gasteiger partial charge in [0.1, 0.15) is 0 Å². The van der Waals surface area contributed by atoms with Crippen LogP contribution in [-0.2, 0) is 9.31 Å². The predicted octanol–water partition coefficient (Wildman–Crippen LogP) is 8.65. The summed E-state index contributed by atoms with van der Waals surface area (Å²) in [6, 6.07) is 40.5. The van der Waals surface area contributed by atoms with Crippen molar-refractivity contribution < 1.29 is 9.31 Å². The third kappa shape index (κ3) is 3.96. The van der Waals surface area contributed by atoms with Crippen LogP contribution in [0.4, 0.5) is 0 Å². The second-order valence-corrected chi connectivity index (χ2v) is 11.9. The van der Waals surface area contributed by atoms with Crippen molar-refractivity contribution in [2.24, 2.45) is 0 Å². The lowest BCUT2D eigenvalue weighted by Gasteiger charge is -2.32. The van der Waals surface area contributed by atoms with E-state index < -0.39 is 18.3 Å². The van der Waals surface area contributed by atoms with Gasteiger partial charge in [0.2, 0.25) is 0 Å². The van der Waals surface area contributed by atoms with E-state index in [-0.39, 0.29) is 0 Å². The van der Waals surface area contributed by atoms with Gasteiger partial charge in [0.25, 0.3) is 0 Å². The standard InChI is InChI=1S/C37H30BNO2/c1-36(2)37(3,4)41-38(40-36)35-22-21-33(29-15-9-10-16-34(29)35)32-20-19-31(27-13-7-8-14-28(27)32)30-18-17-24(23-39)25-11-5-6-12-26(25)30/h5-22H,1-4H3. The van der Waals surface area contributed by atoms with Crippen LogP contribution in [0.5, 0.6) is 0 Å². The van der Waals surface area contributed by atoms with E-state index in [0.717, 1.165) is 32.7 Å². The minimum atomic E-state index is -0.428. The van der Waals surface area contributed by atoms with Gasteiger partial charge >= 0.3 is 7.12 Å². The van der Waals surface area contributed by atoms with Gasteiger partial charge in [-0.3, -0.25) is 0 Å². The summed E-state index contributed by atoms with van der Waals surface area (Å²) in [5, 5.41) is 16.4. The lowest BCUT2D eigenvalue weighted by atomic mass is 9.74. The predicted molar refractivity (Wildman–Crippen MR) is 170 cm³/mol. The maximum absolute atomic E-state index is 9.69. The molecule has 0 spiro atoms. The Morgan fingerprint density at radius 1 is 0.488 bits per heavy atom. The number of hydrogen-bond acceptors (Lipinski definition) is 3. The lowest BCUT2D eigenvalue weighted by molar-refractivity contribution is 0.00578. The molecule has 0 atom stereocenters. The van der Waals surface area contributed by atoms with E-state index in [2.05, 4.69) is 119 Å². The lowest BCUT2D eigenvalue weighted by Crippen LogP contribution is -2.41. The maximum Gasteiger partial charge on any atom is 0.495 e. The molecule has 0 unspecified atom stereocenters. The molecule has 1 aliphatic rings. The Balaban J connectivity index is 1.42. The van der Waals surface area contributed by atoms with Crippen LogP contribution in [0, 0.1) is 11.3 Å². The number of benzene rings is 6. The zero-order valence-electron chi connectivity index (χ0n) is 23.7. The van der Waals surface area contributed by atoms with E-state index >= 15 is 0 Å². The summed E-state index contributed by atoms with van der Waals surface area (Å²) < 4.78 is 12.9. The molecule has 0 radical (unpaired) electrons. The van der Waals surface area contributed by atoms with Crippen molar-refractivity contribution in [3.8, 4) is 28.3 Å². The maximum atomic E-state index is 9.69. The summed E-state index contributed by atoms with van der Waals surface area (Å²) in [6.07, 6.45) is 0. The normalized spacial score (nSPS) is 15.9. The molecule has 1 saturated heterocycles. The van der Waals surface area contributed by atoms with Crippen molar-refractivity contribution in [2.75, 3.05) is 0 Å². The number of rotatable bonds is 3. The molecule has 1 fully saturated rings. The van der Waals surface area contributed by atoms with Gasteiger partial charge in [0, 0.05) is 5.39 Å². The van der Waals surface area contributed by atoms with Crippen molar-refractivity contribution >= 4 is 44.9 Å². The minimum Gasteiger partial charge on any atom is -0.399 e. The Hall–Kier alpha value is -4.43. The van der Waals surface area contributed by atoms with Gasteiger partial charge in [0.15, 0.2) is 0 Å². The molecular formula is C37H30BNO2. The minimum absolute atomic E-state index is 0.404. The molecule has 4 heteroatoms. The Labute approximate surface area is 241 Å². The molecule has 6 aromatic carbocycles. The van der Waals surface area contributed by atoms with Crippen molar-refractivity contribution in [2.45, 2.75) is 38.9 Å². The van der Waals surface area contributed by atoms with Crippen molar-refractivity contribution in [3.05, 3.63) is 115 Å². The zero-order chi connectivity index (χ0) is 28.4. The summed E-state index contributed by atoms with van der Waals surface area (Å²) in [6.45, 7) is 8.37. The third-order valence-electron chi connectivity index (χ3n) is 9.01. The quantitative estimate of drug-likeness (QED) is 0.215. The van der Waals surface area contributed by atoms with Crippen molar-refractivity contribution in [1.29, 1.82) is 5.26 Å². The average molecular weight is 531 g/mol. The molecule has 41 heavy (non-hydrogen) atoms. The smallest absolute Gasteiger partial charge is 0.399 e. The van der Waals surface area contributed by atoms with Gasteiger partial charge in [-0.1, -0.05) is 103 Å². The highest BCUT2D eigenvalue weighted by atomic mass is 16.7. The number of hydrogen-bond donors (Lipinski definition) is 0. The van der Waals surface area contributed by atoms with Gasteiger partial charge < -0.3 is 9.31 Å². The molecule has 0 bridgehead atoms. The van der Waals surface area contributed by atoms with Crippen molar-refractivity contribution in [3.63, 3.8) is 0 Å². The van der Waals surface area contributed by atoms with Crippen LogP contribution in [0.25, 0.3) is 54.6 Å². The first-order valence-corrected chi connectivity index (χ1v) is 14.1. The number of fused-ring (bicyclic) bond motifs is 3. The molecule has 6 aromatic rings. The summed E-state index contributed by atoms with van der Waals surface area (Å²) in [5.41, 5.74) is 5.57. The summed E-state index contributed by atoms with van der Waals surface area (Å²) >= 11 is 0. The molecule has 0 N–H and O–H groups in total. The topological polar surface area (TPSA) is 42.2 Å². The average Bonchev–Trinajstić information content (AvgIpc) is 3.21. The van der Waals surface area contributed by atoms with E-state index in [1.54, 1.807) is 0 Å². The van der Waals surface area contributed by atoms with Gasteiger partial charge in [-0.2, -0.15) is 5.26 Å². The van der Waals surface area contributed by atoms with Crippen LogP contribution < -0.4 is 5.46 Å². The molecular weight excluding hydrogens is 501 g/mol. The fourth-order valence-electron chi connectivity index (χ4n) is 6.13. The Bertz CT molecular complexity index is 2020. The second-order valence-electron chi connectivity index (χ2n) is 11.9. The van der Waals surface area contributed by atoms with Crippen LogP contribution >= 0.6 is 0 Å². The summed E-state index contributed by atoms with van der Waals surface area (Å²) in [7, 11) is -0.428. The summed E-state index contributed by atoms with van der Waals surface area (Å²) in [4.78, 5) is 0. The Morgan fingerprint density at radius 2 is 0.854 bits per heavy atom. The van der Waals surface area contributed by atoms with E-state index in [4.69, 9.17) is 9.31 Å². The molecule has 1 aliphatic heterocycles. The third-order valence-corrected chi connectivity index (χ3v) is 9.01. The molecule has 1 heterocycles. The van der Waals surface area contributed by atoms with E-state index in [0.29, 0.717) is 5.56 Å². The first kappa shape index (κ1) is 25.5. The van der Waals surface area contributed by atoms with Gasteiger partial charge in [-0.05, 0) is 88.4 Å². The highest BCUT2D eigenvalue weighted by Crippen LogP contribution is 2.41. The van der Waals surface area contributed by atoms with Crippen LogP contribution in [0.3, 0.4) is 0 Å². The fraction of sp³-hybridized carbons (Fsp3) is 0.162. The van der Waals surface area contributed by atoms with E-state index in [1.807, 2.05) is 24.3 Å². The second kappa shape index (κ2) is 9.31. The zero-order valence-corrected chi connectivity index (χ0v) is 23.7. The first-order valence-electron chi connectivity index (χ1n) is 14.1. The highest BCUT2D eigenvalue weighted by Gasteiger charge is 2.52. The first-order chi connectivity index (χ1) is 19.8. The SMILES string of the molecule is CC1(C)OB(c2ccc(-c3ccc(-c4ccc(C#N)c5ccccc45)c4ccccc34)c3ccccc23)OC1(C)C. The van der Waals surface area contributed by atoms with E-state index in [9.17, 15) is 5.26 Å². The van der Waals surface area contributed by atoms with Crippen LogP contribution in [0.15, 0.2) is 109 Å². The summed E-state index contributed by atoms with van der Waals surface area (Å²) in [5.74, 6) is 0. The van der Waals surface area contributed by atoms with Gasteiger partial charge in [0.05, 0.1) is 22.8 Å². The molecule has 3 nitrogen and oxygen atoms in total. The Morgan fingerprint density at radius 3 is 1.34 bits per heavy atom. The fourth-order valence-corrected chi connectivity index (χ4v) is 6.13. The van der Waals surface area contributed by atoms with Crippen LogP contribution in [0.2, 0.25) is 0 Å². The number of nitriles is 1. The van der Waals surface area contributed by atoms with Gasteiger partial charge in [-0.25, -0.2) is 0 Å². The molecule has 0 aromatic heterocycles. The van der Waals surface area contributed by atoms with Gasteiger partial charge in [-0.15, -0.1) is 0 Å². The molecule has 0 saturated carbocycles. The largest absolute Gasteiger partial charge is 0.495 e. The highest BCUT2D eigenvalue weighted by molar-refractivity contribution is 6.65. The molecule has 198 valence electrons. The number of nitrogens with zero attached hydrogens (tertiary/aromatic N) is 1. The van der Waals surface area contributed by atoms with E-state index in [1.165, 1.54) is 27.3 Å². The monoisotopic (exact) mass is 531 g/mol. The molecule has 0 aliphatic carbocycles. The van der Waals surface area contributed by atoms with Crippen LogP contribution in [-0.4, -0.2) is 18.3 Å². The van der Waals surface area contributed by atoms with Crippen LogP contribution in [0.1, 0.15) is 33.3 Å². The Kier molecular flexibility index (Phi) is 5.80. The molecule has 0 amide bonds.